The molecule has 0 amide bonds. The standard InChI is InChI=1S/C15H18FN3O/c1-15(16)8-5-9-19(11-15)14-18-17-13(20-14)10-12-6-3-2-4-7-12/h2-4,6-7H,5,8-11H2,1H3. The lowest BCUT2D eigenvalue weighted by atomic mass is 9.97. The first-order valence-corrected chi connectivity index (χ1v) is 6.93. The third kappa shape index (κ3) is 2.98. The normalized spacial score (nSPS) is 23.0. The summed E-state index contributed by atoms with van der Waals surface area (Å²) in [6, 6.07) is 10.4. The molecule has 1 saturated heterocycles. The molecule has 4 nitrogen and oxygen atoms in total. The molecular formula is C15H18FN3O. The van der Waals surface area contributed by atoms with Gasteiger partial charge in [0.15, 0.2) is 0 Å². The third-order valence-electron chi connectivity index (χ3n) is 3.57. The van der Waals surface area contributed by atoms with Crippen molar-refractivity contribution in [3.05, 3.63) is 41.8 Å². The fraction of sp³-hybridized carbons (Fsp3) is 0.467. The van der Waals surface area contributed by atoms with Crippen LogP contribution in [0.4, 0.5) is 10.4 Å². The highest BCUT2D eigenvalue weighted by atomic mass is 19.1. The number of nitrogens with zero attached hydrogens (tertiary/aromatic N) is 3. The smallest absolute Gasteiger partial charge is 0.318 e. The van der Waals surface area contributed by atoms with Crippen molar-refractivity contribution in [2.75, 3.05) is 18.0 Å². The van der Waals surface area contributed by atoms with Crippen molar-refractivity contribution in [3.8, 4) is 0 Å². The maximum Gasteiger partial charge on any atom is 0.318 e. The molecule has 1 aromatic carbocycles. The van der Waals surface area contributed by atoms with Crippen LogP contribution in [-0.4, -0.2) is 29.0 Å². The summed E-state index contributed by atoms with van der Waals surface area (Å²) in [5.41, 5.74) is -0.0524. The highest BCUT2D eigenvalue weighted by Gasteiger charge is 2.32. The number of piperidine rings is 1. The maximum absolute atomic E-state index is 14.0. The van der Waals surface area contributed by atoms with Crippen LogP contribution in [0.1, 0.15) is 31.2 Å². The van der Waals surface area contributed by atoms with E-state index in [1.165, 1.54) is 0 Å². The lowest BCUT2D eigenvalue weighted by molar-refractivity contribution is 0.157. The molecular weight excluding hydrogens is 257 g/mol. The molecule has 2 heterocycles. The molecule has 0 radical (unpaired) electrons. The number of halogens is 1. The summed E-state index contributed by atoms with van der Waals surface area (Å²) in [6.45, 7) is 2.72. The van der Waals surface area contributed by atoms with Crippen LogP contribution in [0, 0.1) is 0 Å². The van der Waals surface area contributed by atoms with E-state index in [0.29, 0.717) is 31.3 Å². The highest BCUT2D eigenvalue weighted by Crippen LogP contribution is 2.27. The molecule has 0 bridgehead atoms. The molecule has 1 fully saturated rings. The molecule has 20 heavy (non-hydrogen) atoms. The van der Waals surface area contributed by atoms with Crippen LogP contribution in [0.25, 0.3) is 0 Å². The Balaban J connectivity index is 1.70. The zero-order valence-electron chi connectivity index (χ0n) is 11.6. The van der Waals surface area contributed by atoms with Crippen LogP contribution in [-0.2, 0) is 6.42 Å². The molecule has 2 aromatic rings. The molecule has 1 aromatic heterocycles. The fourth-order valence-electron chi connectivity index (χ4n) is 2.57. The largest absolute Gasteiger partial charge is 0.408 e. The summed E-state index contributed by atoms with van der Waals surface area (Å²) in [5.74, 6) is 0.567. The second-order valence-electron chi connectivity index (χ2n) is 5.58. The SMILES string of the molecule is CC1(F)CCCN(c2nnc(Cc3ccccc3)o2)C1. The Hall–Kier alpha value is -1.91. The Morgan fingerprint density at radius 2 is 2.10 bits per heavy atom. The van der Waals surface area contributed by atoms with Crippen LogP contribution in [0.15, 0.2) is 34.7 Å². The number of benzene rings is 1. The van der Waals surface area contributed by atoms with Crippen molar-refractivity contribution in [2.24, 2.45) is 0 Å². The van der Waals surface area contributed by atoms with Crippen LogP contribution in [0.5, 0.6) is 0 Å². The lowest BCUT2D eigenvalue weighted by Gasteiger charge is -2.33. The van der Waals surface area contributed by atoms with E-state index in [2.05, 4.69) is 10.2 Å². The van der Waals surface area contributed by atoms with E-state index >= 15 is 0 Å². The van der Waals surface area contributed by atoms with Gasteiger partial charge < -0.3 is 9.32 Å². The second-order valence-corrected chi connectivity index (χ2v) is 5.58. The van der Waals surface area contributed by atoms with Crippen LogP contribution in [0.2, 0.25) is 0 Å². The molecule has 0 aliphatic carbocycles. The first kappa shape index (κ1) is 13.1. The minimum atomic E-state index is -1.17. The van der Waals surface area contributed by atoms with Gasteiger partial charge in [0.2, 0.25) is 5.89 Å². The van der Waals surface area contributed by atoms with E-state index in [0.717, 1.165) is 18.5 Å². The van der Waals surface area contributed by atoms with Gasteiger partial charge in [-0.2, -0.15) is 0 Å². The average Bonchev–Trinajstić information content (AvgIpc) is 2.87. The van der Waals surface area contributed by atoms with Crippen molar-refractivity contribution in [1.82, 2.24) is 10.2 Å². The summed E-state index contributed by atoms with van der Waals surface area (Å²) in [7, 11) is 0. The monoisotopic (exact) mass is 275 g/mol. The minimum Gasteiger partial charge on any atom is -0.408 e. The lowest BCUT2D eigenvalue weighted by Crippen LogP contribution is -2.43. The van der Waals surface area contributed by atoms with Gasteiger partial charge in [-0.25, -0.2) is 4.39 Å². The number of hydrogen-bond donors (Lipinski definition) is 0. The third-order valence-corrected chi connectivity index (χ3v) is 3.57. The van der Waals surface area contributed by atoms with E-state index in [9.17, 15) is 4.39 Å². The Labute approximate surface area is 117 Å². The van der Waals surface area contributed by atoms with Gasteiger partial charge in [0.25, 0.3) is 0 Å². The van der Waals surface area contributed by atoms with Gasteiger partial charge in [0.05, 0.1) is 13.0 Å². The topological polar surface area (TPSA) is 42.2 Å². The second kappa shape index (κ2) is 5.23. The zero-order chi connectivity index (χ0) is 14.0. The van der Waals surface area contributed by atoms with E-state index in [4.69, 9.17) is 4.42 Å². The van der Waals surface area contributed by atoms with Crippen LogP contribution >= 0.6 is 0 Å². The Bertz CT molecular complexity index is 568. The highest BCUT2D eigenvalue weighted by molar-refractivity contribution is 5.27. The summed E-state index contributed by atoms with van der Waals surface area (Å²) in [5, 5.41) is 8.10. The Kier molecular flexibility index (Phi) is 3.42. The molecule has 3 rings (SSSR count). The first-order valence-electron chi connectivity index (χ1n) is 6.93. The molecule has 0 N–H and O–H groups in total. The summed E-state index contributed by atoms with van der Waals surface area (Å²) >= 11 is 0. The molecule has 0 saturated carbocycles. The van der Waals surface area contributed by atoms with Crippen molar-refractivity contribution in [1.29, 1.82) is 0 Å². The zero-order valence-corrected chi connectivity index (χ0v) is 11.6. The quantitative estimate of drug-likeness (QED) is 0.863. The van der Waals surface area contributed by atoms with Gasteiger partial charge in [-0.1, -0.05) is 35.4 Å². The number of hydrogen-bond acceptors (Lipinski definition) is 4. The molecule has 1 aliphatic heterocycles. The first-order chi connectivity index (χ1) is 9.62. The van der Waals surface area contributed by atoms with Gasteiger partial charge >= 0.3 is 6.01 Å². The molecule has 1 atom stereocenters. The van der Waals surface area contributed by atoms with E-state index in [-0.39, 0.29) is 0 Å². The predicted molar refractivity (Wildman–Crippen MR) is 74.5 cm³/mol. The summed E-state index contributed by atoms with van der Waals surface area (Å²) < 4.78 is 19.7. The van der Waals surface area contributed by atoms with Crippen LogP contribution in [0.3, 0.4) is 0 Å². The average molecular weight is 275 g/mol. The summed E-state index contributed by atoms with van der Waals surface area (Å²) in [6.07, 6.45) is 2.01. The van der Waals surface area contributed by atoms with Gasteiger partial charge in [-0.05, 0) is 25.3 Å². The number of anilines is 1. The van der Waals surface area contributed by atoms with E-state index in [1.54, 1.807) is 6.92 Å². The maximum atomic E-state index is 14.0. The van der Waals surface area contributed by atoms with Crippen LogP contribution < -0.4 is 4.90 Å². The number of rotatable bonds is 3. The minimum absolute atomic E-state index is 0.319. The van der Waals surface area contributed by atoms with Crippen molar-refractivity contribution < 1.29 is 8.81 Å². The van der Waals surface area contributed by atoms with Crippen molar-refractivity contribution in [2.45, 2.75) is 31.9 Å². The van der Waals surface area contributed by atoms with E-state index < -0.39 is 5.67 Å². The van der Waals surface area contributed by atoms with E-state index in [1.807, 2.05) is 35.2 Å². The Morgan fingerprint density at radius 3 is 2.85 bits per heavy atom. The molecule has 0 spiro atoms. The van der Waals surface area contributed by atoms with Gasteiger partial charge in [-0.3, -0.25) is 0 Å². The van der Waals surface area contributed by atoms with Crippen molar-refractivity contribution >= 4 is 6.01 Å². The molecule has 5 heteroatoms. The van der Waals surface area contributed by atoms with Crippen molar-refractivity contribution in [3.63, 3.8) is 0 Å². The van der Waals surface area contributed by atoms with Gasteiger partial charge in [0, 0.05) is 6.54 Å². The number of aromatic nitrogens is 2. The molecule has 1 aliphatic rings. The Morgan fingerprint density at radius 1 is 1.30 bits per heavy atom. The van der Waals surface area contributed by atoms with Gasteiger partial charge in [0.1, 0.15) is 5.67 Å². The predicted octanol–water partition coefficient (Wildman–Crippen LogP) is 2.99. The molecule has 106 valence electrons. The number of alkyl halides is 1. The summed E-state index contributed by atoms with van der Waals surface area (Å²) in [4.78, 5) is 1.84. The van der Waals surface area contributed by atoms with Gasteiger partial charge in [-0.15, -0.1) is 5.10 Å². The molecule has 1 unspecified atom stereocenters. The fourth-order valence-corrected chi connectivity index (χ4v) is 2.57.